The van der Waals surface area contributed by atoms with Gasteiger partial charge in [0.15, 0.2) is 0 Å². The van der Waals surface area contributed by atoms with E-state index in [2.05, 4.69) is 67.2 Å². The zero-order valence-electron chi connectivity index (χ0n) is 18.9. The molecular weight excluding hydrogens is 342 g/mol. The lowest BCUT2D eigenvalue weighted by Crippen LogP contribution is -2.36. The van der Waals surface area contributed by atoms with Gasteiger partial charge in [0, 0.05) is 23.6 Å². The van der Waals surface area contributed by atoms with Crippen LogP contribution in [0.2, 0.25) is 0 Å². The van der Waals surface area contributed by atoms with Gasteiger partial charge in [-0.05, 0) is 66.8 Å². The molecule has 1 rings (SSSR count). The monoisotopic (exact) mass is 387 g/mol. The highest BCUT2D eigenvalue weighted by Crippen LogP contribution is 2.43. The molecule has 0 saturated carbocycles. The van der Waals surface area contributed by atoms with Crippen LogP contribution < -0.4 is 0 Å². The second-order valence-corrected chi connectivity index (χ2v) is 10.3. The standard InChI is InChI=1S/C22H45NO2S/c1-10-12-21(7,8)25-17(3)16-20(5,6)19(26)24-15-13-22(9)18(4)23(22)14-11-2/h17-19,26H,10-16H2,1-9H3. The number of hydrogen-bond donors (Lipinski definition) is 1. The van der Waals surface area contributed by atoms with Gasteiger partial charge in [0.05, 0.1) is 11.7 Å². The third-order valence-electron chi connectivity index (χ3n) is 6.16. The maximum absolute atomic E-state index is 6.29. The fourth-order valence-electron chi connectivity index (χ4n) is 4.43. The van der Waals surface area contributed by atoms with E-state index in [1.807, 2.05) is 0 Å². The number of hydrogen-bond acceptors (Lipinski definition) is 4. The van der Waals surface area contributed by atoms with Crippen molar-refractivity contribution in [2.75, 3.05) is 13.2 Å². The van der Waals surface area contributed by atoms with Gasteiger partial charge in [-0.15, -0.1) is 12.6 Å². The number of ether oxygens (including phenoxy) is 2. The quantitative estimate of drug-likeness (QED) is 0.241. The van der Waals surface area contributed by atoms with Crippen molar-refractivity contribution in [3.8, 4) is 0 Å². The van der Waals surface area contributed by atoms with Gasteiger partial charge in [0.1, 0.15) is 5.44 Å². The number of thiol groups is 1. The molecule has 26 heavy (non-hydrogen) atoms. The van der Waals surface area contributed by atoms with Gasteiger partial charge in [-0.25, -0.2) is 0 Å². The molecule has 1 aliphatic heterocycles. The Morgan fingerprint density at radius 3 is 2.31 bits per heavy atom. The average Bonchev–Trinajstić information content (AvgIpc) is 2.99. The molecule has 1 heterocycles. The SMILES string of the molecule is CCCN1C(C)C1(C)CCOC(S)C(C)(C)CC(C)OC(C)(C)CCC. The number of nitrogens with zero attached hydrogens (tertiary/aromatic N) is 1. The van der Waals surface area contributed by atoms with Crippen molar-refractivity contribution in [3.05, 3.63) is 0 Å². The second kappa shape index (κ2) is 9.62. The van der Waals surface area contributed by atoms with E-state index < -0.39 is 0 Å². The van der Waals surface area contributed by atoms with Gasteiger partial charge in [0.2, 0.25) is 0 Å². The lowest BCUT2D eigenvalue weighted by Gasteiger charge is -2.36. The summed E-state index contributed by atoms with van der Waals surface area (Å²) < 4.78 is 12.4. The molecule has 0 aromatic carbocycles. The summed E-state index contributed by atoms with van der Waals surface area (Å²) in [5.74, 6) is 0. The van der Waals surface area contributed by atoms with Crippen LogP contribution in [0.1, 0.15) is 94.4 Å². The van der Waals surface area contributed by atoms with Crippen molar-refractivity contribution in [1.82, 2.24) is 4.90 Å². The van der Waals surface area contributed by atoms with E-state index in [0.29, 0.717) is 11.6 Å². The summed E-state index contributed by atoms with van der Waals surface area (Å²) in [4.78, 5) is 2.58. The Morgan fingerprint density at radius 2 is 1.77 bits per heavy atom. The molecule has 1 aliphatic rings. The normalized spacial score (nSPS) is 28.8. The first-order valence-electron chi connectivity index (χ1n) is 10.6. The molecule has 1 fully saturated rings. The topological polar surface area (TPSA) is 21.5 Å². The Kier molecular flexibility index (Phi) is 8.98. The second-order valence-electron chi connectivity index (χ2n) is 9.83. The molecule has 0 radical (unpaired) electrons. The van der Waals surface area contributed by atoms with Crippen molar-refractivity contribution in [1.29, 1.82) is 0 Å². The van der Waals surface area contributed by atoms with Crippen LogP contribution >= 0.6 is 12.6 Å². The third kappa shape index (κ3) is 6.68. The maximum atomic E-state index is 6.29. The summed E-state index contributed by atoms with van der Waals surface area (Å²) in [6.45, 7) is 22.1. The Bertz CT molecular complexity index is 426. The van der Waals surface area contributed by atoms with E-state index in [0.717, 1.165) is 32.3 Å². The van der Waals surface area contributed by atoms with Gasteiger partial charge in [-0.1, -0.05) is 34.1 Å². The molecule has 156 valence electrons. The van der Waals surface area contributed by atoms with Crippen molar-refractivity contribution in [3.63, 3.8) is 0 Å². The minimum atomic E-state index is -0.0693. The van der Waals surface area contributed by atoms with E-state index in [4.69, 9.17) is 22.1 Å². The highest BCUT2D eigenvalue weighted by atomic mass is 32.1. The Labute approximate surface area is 169 Å². The zero-order chi connectivity index (χ0) is 20.2. The van der Waals surface area contributed by atoms with Gasteiger partial charge in [-0.3, -0.25) is 4.90 Å². The lowest BCUT2D eigenvalue weighted by molar-refractivity contribution is -0.0921. The van der Waals surface area contributed by atoms with Crippen molar-refractivity contribution >= 4 is 12.6 Å². The Morgan fingerprint density at radius 1 is 1.15 bits per heavy atom. The summed E-state index contributed by atoms with van der Waals surface area (Å²) in [6, 6.07) is 0.673. The third-order valence-corrected chi connectivity index (χ3v) is 7.01. The first-order chi connectivity index (χ1) is 11.9. The average molecular weight is 388 g/mol. The van der Waals surface area contributed by atoms with Crippen LogP contribution in [0.15, 0.2) is 0 Å². The molecule has 0 aromatic heterocycles. The summed E-state index contributed by atoms with van der Waals surface area (Å²) in [7, 11) is 0. The van der Waals surface area contributed by atoms with Crippen LogP contribution in [0.3, 0.4) is 0 Å². The molecule has 4 heteroatoms. The van der Waals surface area contributed by atoms with Crippen LogP contribution in [0.25, 0.3) is 0 Å². The molecule has 1 saturated heterocycles. The Balaban J connectivity index is 2.41. The summed E-state index contributed by atoms with van der Waals surface area (Å²) >= 11 is 4.78. The van der Waals surface area contributed by atoms with E-state index >= 15 is 0 Å². The zero-order valence-corrected chi connectivity index (χ0v) is 19.8. The molecule has 0 aliphatic carbocycles. The van der Waals surface area contributed by atoms with Gasteiger partial charge >= 0.3 is 0 Å². The fraction of sp³-hybridized carbons (Fsp3) is 1.00. The molecule has 0 aromatic rings. The van der Waals surface area contributed by atoms with E-state index in [1.165, 1.54) is 13.0 Å². The predicted molar refractivity (Wildman–Crippen MR) is 116 cm³/mol. The van der Waals surface area contributed by atoms with Crippen molar-refractivity contribution in [2.24, 2.45) is 5.41 Å². The number of rotatable bonds is 13. The highest BCUT2D eigenvalue weighted by molar-refractivity contribution is 7.80. The molecule has 0 N–H and O–H groups in total. The van der Waals surface area contributed by atoms with Crippen LogP contribution in [-0.2, 0) is 9.47 Å². The fourth-order valence-corrected chi connectivity index (χ4v) is 4.64. The van der Waals surface area contributed by atoms with Gasteiger partial charge in [0.25, 0.3) is 0 Å². The largest absolute Gasteiger partial charge is 0.373 e. The summed E-state index contributed by atoms with van der Waals surface area (Å²) in [5.41, 5.74) is 0.162. The minimum Gasteiger partial charge on any atom is -0.373 e. The first-order valence-corrected chi connectivity index (χ1v) is 11.2. The van der Waals surface area contributed by atoms with Crippen LogP contribution in [0.5, 0.6) is 0 Å². The van der Waals surface area contributed by atoms with Gasteiger partial charge in [-0.2, -0.15) is 0 Å². The molecule has 5 atom stereocenters. The minimum absolute atomic E-state index is 0.0238. The highest BCUT2D eigenvalue weighted by Gasteiger charge is 2.54. The Hall–Kier alpha value is 0.230. The molecule has 3 nitrogen and oxygen atoms in total. The van der Waals surface area contributed by atoms with Crippen LogP contribution in [0.4, 0.5) is 0 Å². The molecule has 0 spiro atoms. The molecular formula is C22H45NO2S. The van der Waals surface area contributed by atoms with Gasteiger partial charge < -0.3 is 9.47 Å². The molecule has 0 bridgehead atoms. The predicted octanol–water partition coefficient (Wildman–Crippen LogP) is 5.92. The van der Waals surface area contributed by atoms with Crippen molar-refractivity contribution < 1.29 is 9.47 Å². The smallest absolute Gasteiger partial charge is 0.105 e. The maximum Gasteiger partial charge on any atom is 0.105 e. The van der Waals surface area contributed by atoms with E-state index in [1.54, 1.807) is 0 Å². The van der Waals surface area contributed by atoms with Crippen molar-refractivity contribution in [2.45, 2.75) is 123 Å². The molecule has 0 amide bonds. The summed E-state index contributed by atoms with van der Waals surface area (Å²) in [5, 5.41) is 0. The first kappa shape index (κ1) is 24.3. The van der Waals surface area contributed by atoms with E-state index in [9.17, 15) is 0 Å². The van der Waals surface area contributed by atoms with Crippen LogP contribution in [-0.4, -0.2) is 46.8 Å². The van der Waals surface area contributed by atoms with E-state index in [-0.39, 0.29) is 22.6 Å². The summed E-state index contributed by atoms with van der Waals surface area (Å²) in [6.07, 6.45) is 5.68. The molecule has 5 unspecified atom stereocenters. The lowest BCUT2D eigenvalue weighted by atomic mass is 9.87. The van der Waals surface area contributed by atoms with Crippen LogP contribution in [0, 0.1) is 5.41 Å².